The highest BCUT2D eigenvalue weighted by Gasteiger charge is 2.07. The summed E-state index contributed by atoms with van der Waals surface area (Å²) in [5.41, 5.74) is 1.86. The van der Waals surface area contributed by atoms with Crippen LogP contribution in [0.15, 0.2) is 60.9 Å². The second kappa shape index (κ2) is 7.84. The topological polar surface area (TPSA) is 109 Å². The highest BCUT2D eigenvalue weighted by molar-refractivity contribution is 6.03. The molecule has 0 fully saturated rings. The van der Waals surface area contributed by atoms with Gasteiger partial charge in [0, 0.05) is 30.7 Å². The lowest BCUT2D eigenvalue weighted by atomic mass is 10.2. The van der Waals surface area contributed by atoms with E-state index in [1.165, 1.54) is 13.1 Å². The van der Waals surface area contributed by atoms with Crippen molar-refractivity contribution in [2.24, 2.45) is 0 Å². The fraction of sp³-hybridized carbons (Fsp3) is 0.0556. The van der Waals surface area contributed by atoms with Crippen molar-refractivity contribution in [3.63, 3.8) is 0 Å². The van der Waals surface area contributed by atoms with Gasteiger partial charge >= 0.3 is 0 Å². The summed E-state index contributed by atoms with van der Waals surface area (Å²) >= 11 is 0. The summed E-state index contributed by atoms with van der Waals surface area (Å²) < 4.78 is 0. The first kappa shape index (κ1) is 17.0. The average molecular weight is 348 g/mol. The highest BCUT2D eigenvalue weighted by Crippen LogP contribution is 2.19. The van der Waals surface area contributed by atoms with E-state index in [9.17, 15) is 9.59 Å². The second-order valence-electron chi connectivity index (χ2n) is 5.39. The molecule has 2 heterocycles. The molecule has 2 aromatic heterocycles. The molecule has 0 saturated carbocycles. The molecule has 0 atom stereocenters. The van der Waals surface area contributed by atoms with E-state index in [2.05, 4.69) is 31.1 Å². The number of carbonyl (C=O) groups excluding carboxylic acids is 2. The van der Waals surface area contributed by atoms with E-state index in [-0.39, 0.29) is 11.8 Å². The van der Waals surface area contributed by atoms with E-state index < -0.39 is 0 Å². The number of anilines is 4. The van der Waals surface area contributed by atoms with Gasteiger partial charge in [0.15, 0.2) is 11.6 Å². The van der Waals surface area contributed by atoms with E-state index in [0.29, 0.717) is 22.9 Å². The maximum absolute atomic E-state index is 12.0. The molecule has 26 heavy (non-hydrogen) atoms. The molecule has 0 aliphatic rings. The molecule has 0 aliphatic heterocycles. The van der Waals surface area contributed by atoms with Crippen LogP contribution in [-0.2, 0) is 4.79 Å². The van der Waals surface area contributed by atoms with Gasteiger partial charge in [0.1, 0.15) is 0 Å². The van der Waals surface area contributed by atoms with Crippen LogP contribution >= 0.6 is 0 Å². The Morgan fingerprint density at radius 3 is 2.35 bits per heavy atom. The van der Waals surface area contributed by atoms with Gasteiger partial charge in [0.25, 0.3) is 5.91 Å². The number of aromatic nitrogens is 3. The van der Waals surface area contributed by atoms with Crippen molar-refractivity contribution in [1.82, 2.24) is 15.2 Å². The minimum absolute atomic E-state index is 0.143. The van der Waals surface area contributed by atoms with Crippen molar-refractivity contribution in [1.29, 1.82) is 0 Å². The van der Waals surface area contributed by atoms with Crippen LogP contribution in [0.1, 0.15) is 17.3 Å². The normalized spacial score (nSPS) is 10.0. The largest absolute Gasteiger partial charge is 0.339 e. The summed E-state index contributed by atoms with van der Waals surface area (Å²) in [6, 6.07) is 13.9. The summed E-state index contributed by atoms with van der Waals surface area (Å²) in [5.74, 6) is 0.382. The van der Waals surface area contributed by atoms with E-state index in [1.807, 2.05) is 12.1 Å². The third-order valence-corrected chi connectivity index (χ3v) is 3.29. The minimum atomic E-state index is -0.309. The van der Waals surface area contributed by atoms with Gasteiger partial charge < -0.3 is 16.0 Å². The van der Waals surface area contributed by atoms with Crippen molar-refractivity contribution >= 4 is 34.8 Å². The van der Waals surface area contributed by atoms with Crippen molar-refractivity contribution < 1.29 is 9.59 Å². The molecule has 2 amide bonds. The molecular formula is C18H16N6O2. The van der Waals surface area contributed by atoms with Gasteiger partial charge in [-0.1, -0.05) is 6.07 Å². The molecule has 8 heteroatoms. The molecule has 0 spiro atoms. The second-order valence-corrected chi connectivity index (χ2v) is 5.39. The van der Waals surface area contributed by atoms with Gasteiger partial charge in [0.05, 0.1) is 5.56 Å². The molecule has 3 rings (SSSR count). The molecule has 8 nitrogen and oxygen atoms in total. The van der Waals surface area contributed by atoms with E-state index >= 15 is 0 Å². The summed E-state index contributed by atoms with van der Waals surface area (Å²) in [4.78, 5) is 27.1. The van der Waals surface area contributed by atoms with Gasteiger partial charge in [-0.15, -0.1) is 10.2 Å². The molecule has 0 unspecified atom stereocenters. The Bertz CT molecular complexity index is 912. The first-order chi connectivity index (χ1) is 12.6. The lowest BCUT2D eigenvalue weighted by Gasteiger charge is -2.08. The van der Waals surface area contributed by atoms with Crippen molar-refractivity contribution in [3.8, 4) is 0 Å². The fourth-order valence-electron chi connectivity index (χ4n) is 2.18. The van der Waals surface area contributed by atoms with Gasteiger partial charge in [-0.3, -0.25) is 14.6 Å². The van der Waals surface area contributed by atoms with Crippen LogP contribution < -0.4 is 16.0 Å². The van der Waals surface area contributed by atoms with Crippen LogP contribution in [0.25, 0.3) is 0 Å². The van der Waals surface area contributed by atoms with E-state index in [4.69, 9.17) is 0 Å². The minimum Gasteiger partial charge on any atom is -0.339 e. The number of rotatable bonds is 5. The zero-order valence-electron chi connectivity index (χ0n) is 13.9. The lowest BCUT2D eigenvalue weighted by molar-refractivity contribution is -0.114. The average Bonchev–Trinajstić information content (AvgIpc) is 2.64. The predicted octanol–water partition coefficient (Wildman–Crippen LogP) is 2.83. The Balaban J connectivity index is 1.64. The third kappa shape index (κ3) is 4.60. The Kier molecular flexibility index (Phi) is 5.14. The van der Waals surface area contributed by atoms with Crippen molar-refractivity contribution in [2.45, 2.75) is 6.92 Å². The van der Waals surface area contributed by atoms with Crippen LogP contribution in [0.4, 0.5) is 23.0 Å². The fourth-order valence-corrected chi connectivity index (χ4v) is 2.18. The number of pyridine rings is 1. The van der Waals surface area contributed by atoms with E-state index in [1.54, 1.807) is 42.6 Å². The molecule has 3 N–H and O–H groups in total. The number of nitrogens with zero attached hydrogens (tertiary/aromatic N) is 3. The monoisotopic (exact) mass is 348 g/mol. The Hall–Kier alpha value is -3.81. The van der Waals surface area contributed by atoms with E-state index in [0.717, 1.165) is 5.69 Å². The van der Waals surface area contributed by atoms with Crippen molar-refractivity contribution in [3.05, 3.63) is 66.5 Å². The molecule has 130 valence electrons. The number of nitrogens with one attached hydrogen (secondary N) is 3. The van der Waals surface area contributed by atoms with Crippen LogP contribution in [0, 0.1) is 0 Å². The summed E-state index contributed by atoms with van der Waals surface area (Å²) in [7, 11) is 0. The summed E-state index contributed by atoms with van der Waals surface area (Å²) in [6.07, 6.45) is 3.07. The van der Waals surface area contributed by atoms with Crippen LogP contribution in [0.5, 0.6) is 0 Å². The number of amides is 2. The summed E-state index contributed by atoms with van der Waals surface area (Å²) in [6.45, 7) is 1.45. The van der Waals surface area contributed by atoms with Crippen molar-refractivity contribution in [2.75, 3.05) is 16.0 Å². The highest BCUT2D eigenvalue weighted by atomic mass is 16.2. The first-order valence-corrected chi connectivity index (χ1v) is 7.80. The molecular weight excluding hydrogens is 332 g/mol. The molecule has 1 aromatic carbocycles. The number of carbonyl (C=O) groups is 2. The predicted molar refractivity (Wildman–Crippen MR) is 98.3 cm³/mol. The molecule has 0 radical (unpaired) electrons. The van der Waals surface area contributed by atoms with Crippen LogP contribution in [0.2, 0.25) is 0 Å². The Morgan fingerprint density at radius 1 is 0.885 bits per heavy atom. The van der Waals surface area contributed by atoms with Crippen LogP contribution in [0.3, 0.4) is 0 Å². The Morgan fingerprint density at radius 2 is 1.65 bits per heavy atom. The Labute approximate surface area is 149 Å². The van der Waals surface area contributed by atoms with Crippen LogP contribution in [-0.4, -0.2) is 27.0 Å². The molecule has 0 bridgehead atoms. The number of hydrogen-bond acceptors (Lipinski definition) is 6. The quantitative estimate of drug-likeness (QED) is 0.654. The lowest BCUT2D eigenvalue weighted by Crippen LogP contribution is -2.13. The number of benzene rings is 1. The summed E-state index contributed by atoms with van der Waals surface area (Å²) in [5, 5.41) is 16.5. The molecule has 0 aliphatic carbocycles. The van der Waals surface area contributed by atoms with Gasteiger partial charge in [-0.25, -0.2) is 0 Å². The van der Waals surface area contributed by atoms with Gasteiger partial charge in [-0.2, -0.15) is 0 Å². The molecule has 3 aromatic rings. The maximum Gasteiger partial charge on any atom is 0.258 e. The smallest absolute Gasteiger partial charge is 0.258 e. The SMILES string of the molecule is CC(=O)Nc1cccc(Nc2ccc(NC(=O)c3cccnc3)nn2)c1. The zero-order valence-corrected chi connectivity index (χ0v) is 13.9. The van der Waals surface area contributed by atoms with Gasteiger partial charge in [0.2, 0.25) is 5.91 Å². The maximum atomic E-state index is 12.0. The first-order valence-electron chi connectivity index (χ1n) is 7.80. The third-order valence-electron chi connectivity index (χ3n) is 3.29. The standard InChI is InChI=1S/C18H16N6O2/c1-12(25)20-14-5-2-6-15(10-14)21-16-7-8-17(24-23-16)22-18(26)13-4-3-9-19-11-13/h2-11H,1H3,(H,20,25)(H,21,23)(H,22,24,26). The molecule has 0 saturated heterocycles. The zero-order chi connectivity index (χ0) is 18.4. The van der Waals surface area contributed by atoms with Gasteiger partial charge in [-0.05, 0) is 42.5 Å². The number of hydrogen-bond donors (Lipinski definition) is 3.